The number of rotatable bonds is 4. The van der Waals surface area contributed by atoms with E-state index in [0.717, 1.165) is 56.8 Å². The van der Waals surface area contributed by atoms with Crippen molar-refractivity contribution in [3.63, 3.8) is 0 Å². The highest BCUT2D eigenvalue weighted by Gasteiger charge is 2.19. The molecule has 0 spiro atoms. The molecule has 1 saturated heterocycles. The van der Waals surface area contributed by atoms with Crippen molar-refractivity contribution in [2.75, 3.05) is 36.4 Å². The van der Waals surface area contributed by atoms with Crippen molar-refractivity contribution < 1.29 is 9.59 Å². The number of thiophene rings is 1. The molecule has 2 N–H and O–H groups in total. The van der Waals surface area contributed by atoms with Crippen molar-refractivity contribution >= 4 is 34.6 Å². The van der Waals surface area contributed by atoms with E-state index in [1.807, 2.05) is 35.6 Å². The first kappa shape index (κ1) is 17.9. The fourth-order valence-corrected chi connectivity index (χ4v) is 4.52. The molecule has 1 aromatic heterocycles. The molecule has 2 aliphatic heterocycles. The Morgan fingerprint density at radius 3 is 2.59 bits per heavy atom. The molecule has 0 saturated carbocycles. The molecule has 0 radical (unpaired) electrons. The van der Waals surface area contributed by atoms with Crippen LogP contribution in [0.25, 0.3) is 0 Å². The highest BCUT2D eigenvalue weighted by atomic mass is 32.1. The number of benzene rings is 1. The van der Waals surface area contributed by atoms with Gasteiger partial charge in [0.25, 0.3) is 0 Å². The lowest BCUT2D eigenvalue weighted by atomic mass is 10.1. The van der Waals surface area contributed by atoms with Gasteiger partial charge in [-0.25, -0.2) is 4.79 Å². The van der Waals surface area contributed by atoms with E-state index in [0.29, 0.717) is 0 Å². The summed E-state index contributed by atoms with van der Waals surface area (Å²) in [7, 11) is 0. The number of hydrogen-bond donors (Lipinski definition) is 2. The van der Waals surface area contributed by atoms with Gasteiger partial charge in [-0.1, -0.05) is 0 Å². The second-order valence-electron chi connectivity index (χ2n) is 6.98. The van der Waals surface area contributed by atoms with E-state index in [-0.39, 0.29) is 18.5 Å². The topological polar surface area (TPSA) is 64.7 Å². The van der Waals surface area contributed by atoms with E-state index in [9.17, 15) is 9.59 Å². The van der Waals surface area contributed by atoms with E-state index in [1.54, 1.807) is 4.90 Å². The third kappa shape index (κ3) is 4.24. The minimum atomic E-state index is -0.351. The van der Waals surface area contributed by atoms with Crippen LogP contribution in [-0.2, 0) is 17.8 Å². The van der Waals surface area contributed by atoms with Crippen LogP contribution in [0.4, 0.5) is 16.2 Å². The number of nitrogens with one attached hydrogen (secondary N) is 2. The van der Waals surface area contributed by atoms with E-state index >= 15 is 0 Å². The number of nitrogens with zero attached hydrogens (tertiary/aromatic N) is 2. The smallest absolute Gasteiger partial charge is 0.319 e. The summed E-state index contributed by atoms with van der Waals surface area (Å²) in [5.41, 5.74) is 3.29. The molecule has 6 nitrogen and oxygen atoms in total. The van der Waals surface area contributed by atoms with Gasteiger partial charge in [0.15, 0.2) is 0 Å². The maximum Gasteiger partial charge on any atom is 0.319 e. The molecule has 2 aromatic rings. The van der Waals surface area contributed by atoms with Crippen molar-refractivity contribution in [2.45, 2.75) is 25.8 Å². The maximum atomic E-state index is 12.0. The zero-order valence-electron chi connectivity index (χ0n) is 15.2. The van der Waals surface area contributed by atoms with Gasteiger partial charge in [-0.2, -0.15) is 0 Å². The van der Waals surface area contributed by atoms with E-state index < -0.39 is 0 Å². The summed E-state index contributed by atoms with van der Waals surface area (Å²) in [5, 5.41) is 7.60. The Kier molecular flexibility index (Phi) is 5.29. The lowest BCUT2D eigenvalue weighted by Gasteiger charge is -2.29. The lowest BCUT2D eigenvalue weighted by molar-refractivity contribution is -0.128. The Bertz CT molecular complexity index is 812. The highest BCUT2D eigenvalue weighted by Crippen LogP contribution is 2.28. The largest absolute Gasteiger partial charge is 0.367 e. The number of carbonyl (C=O) groups excluding carboxylic acids is 2. The summed E-state index contributed by atoms with van der Waals surface area (Å²) in [6.07, 6.45) is 3.19. The molecule has 0 aliphatic carbocycles. The van der Waals surface area contributed by atoms with Gasteiger partial charge < -0.3 is 20.4 Å². The normalized spacial score (nSPS) is 16.1. The molecule has 0 bridgehead atoms. The fourth-order valence-electron chi connectivity index (χ4n) is 3.63. The molecule has 1 fully saturated rings. The molecular formula is C20H24N4O2S. The van der Waals surface area contributed by atoms with E-state index in [1.165, 1.54) is 10.4 Å². The minimum Gasteiger partial charge on any atom is -0.367 e. The van der Waals surface area contributed by atoms with Gasteiger partial charge in [-0.3, -0.25) is 4.79 Å². The Morgan fingerprint density at radius 1 is 1.04 bits per heavy atom. The second kappa shape index (κ2) is 8.00. The van der Waals surface area contributed by atoms with Crippen molar-refractivity contribution in [1.82, 2.24) is 10.2 Å². The van der Waals surface area contributed by atoms with Gasteiger partial charge in [0.2, 0.25) is 5.91 Å². The Balaban J connectivity index is 1.27. The summed E-state index contributed by atoms with van der Waals surface area (Å²) < 4.78 is 0. The predicted octanol–water partition coefficient (Wildman–Crippen LogP) is 3.05. The number of hydrogen-bond acceptors (Lipinski definition) is 4. The Hall–Kier alpha value is -2.54. The molecule has 3 amide bonds. The van der Waals surface area contributed by atoms with Crippen LogP contribution in [0.2, 0.25) is 0 Å². The molecule has 7 heteroatoms. The third-order valence-electron chi connectivity index (χ3n) is 5.16. The summed E-state index contributed by atoms with van der Waals surface area (Å²) in [5.74, 6) is -0.0177. The van der Waals surface area contributed by atoms with E-state index in [2.05, 4.69) is 27.0 Å². The van der Waals surface area contributed by atoms with Crippen LogP contribution in [0.15, 0.2) is 35.7 Å². The van der Waals surface area contributed by atoms with Gasteiger partial charge in [0.1, 0.15) is 0 Å². The van der Waals surface area contributed by atoms with Crippen molar-refractivity contribution in [3.05, 3.63) is 46.2 Å². The van der Waals surface area contributed by atoms with Crippen LogP contribution >= 0.6 is 11.3 Å². The molecule has 3 heterocycles. The van der Waals surface area contributed by atoms with Gasteiger partial charge >= 0.3 is 6.03 Å². The second-order valence-corrected chi connectivity index (χ2v) is 7.98. The first-order valence-corrected chi connectivity index (χ1v) is 10.3. The first-order valence-electron chi connectivity index (χ1n) is 9.42. The molecular weight excluding hydrogens is 360 g/mol. The maximum absolute atomic E-state index is 12.0. The number of urea groups is 1. The summed E-state index contributed by atoms with van der Waals surface area (Å²) in [6, 6.07) is 9.72. The fraction of sp³-hybridized carbons (Fsp3) is 0.400. The average Bonchev–Trinajstić information content (AvgIpc) is 3.38. The molecule has 1 aromatic carbocycles. The van der Waals surface area contributed by atoms with Gasteiger partial charge in [-0.15, -0.1) is 11.3 Å². The van der Waals surface area contributed by atoms with Crippen LogP contribution in [0, 0.1) is 0 Å². The Morgan fingerprint density at radius 2 is 1.81 bits per heavy atom. The predicted molar refractivity (Wildman–Crippen MR) is 108 cm³/mol. The number of carbonyl (C=O) groups is 2. The lowest BCUT2D eigenvalue weighted by Crippen LogP contribution is -2.40. The zero-order valence-corrected chi connectivity index (χ0v) is 16.1. The molecule has 2 aliphatic rings. The average molecular weight is 385 g/mol. The molecule has 0 atom stereocenters. The quantitative estimate of drug-likeness (QED) is 0.852. The van der Waals surface area contributed by atoms with E-state index in [4.69, 9.17) is 0 Å². The monoisotopic (exact) mass is 384 g/mol. The molecule has 4 rings (SSSR count). The van der Waals surface area contributed by atoms with Gasteiger partial charge in [0.05, 0.1) is 6.54 Å². The summed E-state index contributed by atoms with van der Waals surface area (Å²) >= 11 is 1.84. The van der Waals surface area contributed by atoms with Crippen molar-refractivity contribution in [2.24, 2.45) is 0 Å². The van der Waals surface area contributed by atoms with Crippen LogP contribution < -0.4 is 15.5 Å². The van der Waals surface area contributed by atoms with Crippen LogP contribution in [0.1, 0.15) is 23.3 Å². The third-order valence-corrected chi connectivity index (χ3v) is 6.18. The van der Waals surface area contributed by atoms with Crippen LogP contribution in [0.3, 0.4) is 0 Å². The summed E-state index contributed by atoms with van der Waals surface area (Å²) in [4.78, 5) is 29.6. The van der Waals surface area contributed by atoms with Gasteiger partial charge in [-0.05, 0) is 60.5 Å². The SMILES string of the molecule is O=C(NCC(=O)N1CCCC1)Nc1ccc(N2CCc3sccc3C2)cc1. The number of likely N-dealkylation sites (tertiary alicyclic amines) is 1. The molecule has 142 valence electrons. The number of fused-ring (bicyclic) bond motifs is 1. The molecule has 0 unspecified atom stereocenters. The zero-order chi connectivity index (χ0) is 18.6. The molecule has 27 heavy (non-hydrogen) atoms. The van der Waals surface area contributed by atoms with Gasteiger partial charge in [0, 0.05) is 42.4 Å². The van der Waals surface area contributed by atoms with Crippen LogP contribution in [0.5, 0.6) is 0 Å². The highest BCUT2D eigenvalue weighted by molar-refractivity contribution is 7.10. The van der Waals surface area contributed by atoms with Crippen molar-refractivity contribution in [3.8, 4) is 0 Å². The first-order chi connectivity index (χ1) is 13.2. The summed E-state index contributed by atoms with van der Waals surface area (Å²) in [6.45, 7) is 3.59. The minimum absolute atomic E-state index is 0.0177. The standard InChI is InChI=1S/C20H24N4O2S/c25-19(23-9-1-2-10-23)13-21-20(26)22-16-3-5-17(6-4-16)24-11-7-18-15(14-24)8-12-27-18/h3-6,8,12H,1-2,7,9-11,13-14H2,(H2,21,22,26). The van der Waals surface area contributed by atoms with Crippen LogP contribution in [-0.4, -0.2) is 43.0 Å². The number of amides is 3. The Labute approximate surface area is 163 Å². The van der Waals surface area contributed by atoms with Crippen molar-refractivity contribution in [1.29, 1.82) is 0 Å². The number of anilines is 2.